The number of fused-ring (bicyclic) bond motifs is 2. The average molecular weight is 371 g/mol. The first-order chi connectivity index (χ1) is 13.7. The smallest absolute Gasteiger partial charge is 0.161 e. The molecule has 0 saturated carbocycles. The van der Waals surface area contributed by atoms with Gasteiger partial charge in [-0.1, -0.05) is 29.8 Å². The normalized spacial score (nSPS) is 15.0. The fourth-order valence-corrected chi connectivity index (χ4v) is 3.70. The average Bonchev–Trinajstić information content (AvgIpc) is 2.72. The maximum absolute atomic E-state index is 9.76. The Morgan fingerprint density at radius 2 is 1.79 bits per heavy atom. The minimum absolute atomic E-state index is 0.261. The van der Waals surface area contributed by atoms with Crippen molar-refractivity contribution < 1.29 is 14.6 Å². The van der Waals surface area contributed by atoms with E-state index in [1.807, 2.05) is 18.2 Å². The fraction of sp³-hybridized carbons (Fsp3) is 0.167. The first kappa shape index (κ1) is 16.8. The third-order valence-corrected chi connectivity index (χ3v) is 5.26. The van der Waals surface area contributed by atoms with Gasteiger partial charge in [0.2, 0.25) is 0 Å². The lowest BCUT2D eigenvalue weighted by atomic mass is 9.98. The van der Waals surface area contributed by atoms with Gasteiger partial charge >= 0.3 is 0 Å². The molecular formula is C24H21NO3. The fourth-order valence-electron chi connectivity index (χ4n) is 3.70. The number of benzene rings is 3. The Morgan fingerprint density at radius 3 is 2.61 bits per heavy atom. The number of phenols is 1. The summed E-state index contributed by atoms with van der Waals surface area (Å²) in [4.78, 5) is 2.22. The summed E-state index contributed by atoms with van der Waals surface area (Å²) in [7, 11) is 0. The number of hydrogen-bond donors (Lipinski definition) is 1. The molecule has 4 heteroatoms. The largest absolute Gasteiger partial charge is 0.508 e. The van der Waals surface area contributed by atoms with Crippen LogP contribution in [0.4, 0.5) is 5.69 Å². The highest BCUT2D eigenvalue weighted by molar-refractivity contribution is 5.86. The van der Waals surface area contributed by atoms with Crippen LogP contribution >= 0.6 is 0 Å². The van der Waals surface area contributed by atoms with Crippen molar-refractivity contribution in [1.82, 2.24) is 0 Å². The number of aromatic hydroxyl groups is 1. The molecule has 0 fully saturated rings. The van der Waals surface area contributed by atoms with Gasteiger partial charge in [-0.25, -0.2) is 0 Å². The number of ether oxygens (including phenoxy) is 2. The summed E-state index contributed by atoms with van der Waals surface area (Å²) < 4.78 is 12.0. The van der Waals surface area contributed by atoms with Crippen LogP contribution in [0.25, 0.3) is 11.6 Å². The van der Waals surface area contributed by atoms with E-state index >= 15 is 0 Å². The summed E-state index contributed by atoms with van der Waals surface area (Å²) in [5.41, 5.74) is 6.61. The molecule has 5 rings (SSSR count). The van der Waals surface area contributed by atoms with E-state index in [9.17, 15) is 5.11 Å². The Labute approximate surface area is 164 Å². The number of nitrogens with zero attached hydrogens (tertiary/aromatic N) is 1. The van der Waals surface area contributed by atoms with Gasteiger partial charge in [-0.2, -0.15) is 0 Å². The highest BCUT2D eigenvalue weighted by Crippen LogP contribution is 2.38. The van der Waals surface area contributed by atoms with E-state index in [2.05, 4.69) is 48.2 Å². The lowest BCUT2D eigenvalue weighted by Crippen LogP contribution is -2.32. The summed E-state index contributed by atoms with van der Waals surface area (Å²) in [6, 6.07) is 19.9. The quantitative estimate of drug-likeness (QED) is 0.689. The van der Waals surface area contributed by atoms with Gasteiger partial charge in [0.05, 0.1) is 0 Å². The zero-order chi connectivity index (χ0) is 19.1. The summed E-state index contributed by atoms with van der Waals surface area (Å²) >= 11 is 0. The molecule has 3 aromatic rings. The molecule has 3 aromatic carbocycles. The highest BCUT2D eigenvalue weighted by Gasteiger charge is 2.22. The van der Waals surface area contributed by atoms with Crippen molar-refractivity contribution in [3.63, 3.8) is 0 Å². The van der Waals surface area contributed by atoms with Gasteiger partial charge in [0.25, 0.3) is 0 Å². The second kappa shape index (κ2) is 6.64. The monoisotopic (exact) mass is 371 g/mol. The van der Waals surface area contributed by atoms with Crippen molar-refractivity contribution in [3.05, 3.63) is 82.9 Å². The second-order valence-corrected chi connectivity index (χ2v) is 7.31. The molecule has 1 N–H and O–H groups in total. The number of hydrogen-bond acceptors (Lipinski definition) is 4. The second-order valence-electron chi connectivity index (χ2n) is 7.31. The van der Waals surface area contributed by atoms with Crippen LogP contribution < -0.4 is 14.4 Å². The van der Waals surface area contributed by atoms with Crippen molar-refractivity contribution in [1.29, 1.82) is 0 Å². The van der Waals surface area contributed by atoms with E-state index in [1.165, 1.54) is 5.56 Å². The minimum atomic E-state index is 0.261. The minimum Gasteiger partial charge on any atom is -0.508 e. The molecule has 0 unspecified atom stereocenters. The predicted octanol–water partition coefficient (Wildman–Crippen LogP) is 4.99. The third kappa shape index (κ3) is 3.07. The Kier molecular flexibility index (Phi) is 3.97. The number of anilines is 1. The van der Waals surface area contributed by atoms with Gasteiger partial charge in [0.1, 0.15) is 23.9 Å². The summed E-state index contributed by atoms with van der Waals surface area (Å²) in [6.07, 6.45) is 2.14. The lowest BCUT2D eigenvalue weighted by molar-refractivity contribution is 0.285. The van der Waals surface area contributed by atoms with Crippen LogP contribution in [0.3, 0.4) is 0 Å². The van der Waals surface area contributed by atoms with Crippen molar-refractivity contribution >= 4 is 17.3 Å². The van der Waals surface area contributed by atoms with Crippen molar-refractivity contribution in [2.45, 2.75) is 13.5 Å². The highest BCUT2D eigenvalue weighted by atomic mass is 16.5. The van der Waals surface area contributed by atoms with Gasteiger partial charge in [-0.3, -0.25) is 0 Å². The third-order valence-electron chi connectivity index (χ3n) is 5.26. The predicted molar refractivity (Wildman–Crippen MR) is 111 cm³/mol. The van der Waals surface area contributed by atoms with Crippen LogP contribution in [-0.4, -0.2) is 18.4 Å². The first-order valence-electron chi connectivity index (χ1n) is 9.40. The van der Waals surface area contributed by atoms with E-state index in [-0.39, 0.29) is 5.75 Å². The van der Waals surface area contributed by atoms with Crippen molar-refractivity contribution in [3.8, 4) is 17.2 Å². The topological polar surface area (TPSA) is 41.9 Å². The molecule has 0 aromatic heterocycles. The Hall–Kier alpha value is -3.40. The summed E-state index contributed by atoms with van der Waals surface area (Å²) in [6.45, 7) is 3.89. The Bertz CT molecular complexity index is 1070. The van der Waals surface area contributed by atoms with Crippen molar-refractivity contribution in [2.24, 2.45) is 0 Å². The van der Waals surface area contributed by atoms with Gasteiger partial charge in [0.15, 0.2) is 6.73 Å². The molecule has 0 spiro atoms. The van der Waals surface area contributed by atoms with Gasteiger partial charge in [-0.15, -0.1) is 0 Å². The molecule has 28 heavy (non-hydrogen) atoms. The van der Waals surface area contributed by atoms with E-state index in [1.54, 1.807) is 12.1 Å². The number of rotatable bonds is 2. The standard InChI is InChI=1S/C24H21NO3/c1-16-5-7-21(8-6-16)25-13-19-9-18-10-20(17-3-2-4-22(26)11-17)14-27-23(18)12-24(19)28-15-25/h2-12,26H,13-15H2,1H3. The Balaban J connectivity index is 1.47. The molecule has 2 aliphatic rings. The molecule has 2 aliphatic heterocycles. The molecule has 4 nitrogen and oxygen atoms in total. The van der Waals surface area contributed by atoms with Gasteiger partial charge in [-0.05, 0) is 54.5 Å². The van der Waals surface area contributed by atoms with Crippen LogP contribution in [0.2, 0.25) is 0 Å². The molecular weight excluding hydrogens is 350 g/mol. The zero-order valence-corrected chi connectivity index (χ0v) is 15.7. The van der Waals surface area contributed by atoms with Crippen LogP contribution in [0, 0.1) is 6.92 Å². The maximum Gasteiger partial charge on any atom is 0.161 e. The van der Waals surface area contributed by atoms with Crippen LogP contribution in [-0.2, 0) is 6.54 Å². The SMILES string of the molecule is Cc1ccc(N2COc3cc4c(cc3C2)C=C(c2cccc(O)c2)CO4)cc1. The van der Waals surface area contributed by atoms with Crippen LogP contribution in [0.1, 0.15) is 22.3 Å². The summed E-state index contributed by atoms with van der Waals surface area (Å²) in [5.74, 6) is 1.99. The maximum atomic E-state index is 9.76. The van der Waals surface area contributed by atoms with Gasteiger partial charge < -0.3 is 19.5 Å². The molecule has 0 amide bonds. The molecule has 2 heterocycles. The van der Waals surface area contributed by atoms with Crippen molar-refractivity contribution in [2.75, 3.05) is 18.2 Å². The molecule has 0 aliphatic carbocycles. The van der Waals surface area contributed by atoms with Crippen LogP contribution in [0.15, 0.2) is 60.7 Å². The van der Waals surface area contributed by atoms with E-state index in [0.29, 0.717) is 13.3 Å². The first-order valence-corrected chi connectivity index (χ1v) is 9.40. The number of aryl methyl sites for hydroxylation is 1. The van der Waals surface area contributed by atoms with E-state index in [0.717, 1.165) is 46.0 Å². The molecule has 0 radical (unpaired) electrons. The lowest BCUT2D eigenvalue weighted by Gasteiger charge is -2.32. The Morgan fingerprint density at radius 1 is 0.929 bits per heavy atom. The molecule has 0 saturated heterocycles. The zero-order valence-electron chi connectivity index (χ0n) is 15.7. The molecule has 140 valence electrons. The molecule has 0 bridgehead atoms. The van der Waals surface area contributed by atoms with Gasteiger partial charge in [0, 0.05) is 29.4 Å². The van der Waals surface area contributed by atoms with E-state index in [4.69, 9.17) is 9.47 Å². The summed E-state index contributed by atoms with van der Waals surface area (Å²) in [5, 5.41) is 9.76. The molecule has 0 atom stereocenters. The van der Waals surface area contributed by atoms with E-state index < -0.39 is 0 Å². The number of phenolic OH excluding ortho intramolecular Hbond substituents is 1. The van der Waals surface area contributed by atoms with Crippen LogP contribution in [0.5, 0.6) is 17.2 Å².